The summed E-state index contributed by atoms with van der Waals surface area (Å²) in [6, 6.07) is 0. The average Bonchev–Trinajstić information content (AvgIpc) is 2.84. The molecule has 0 unspecified atom stereocenters. The second-order valence-electron chi connectivity index (χ2n) is 4.93. The Morgan fingerprint density at radius 1 is 1.35 bits per heavy atom. The summed E-state index contributed by atoms with van der Waals surface area (Å²) >= 11 is 1.80. The third-order valence-electron chi connectivity index (χ3n) is 2.82. The quantitative estimate of drug-likeness (QED) is 0.413. The maximum atomic E-state index is 4.41. The van der Waals surface area contributed by atoms with Crippen molar-refractivity contribution in [2.45, 2.75) is 40.0 Å². The van der Waals surface area contributed by atoms with Crippen molar-refractivity contribution in [2.75, 3.05) is 20.1 Å². The summed E-state index contributed by atoms with van der Waals surface area (Å²) in [5.74, 6) is 1.60. The largest absolute Gasteiger partial charge is 0.356 e. The van der Waals surface area contributed by atoms with Gasteiger partial charge in [-0.2, -0.15) is 0 Å². The molecule has 20 heavy (non-hydrogen) atoms. The molecule has 1 heterocycles. The van der Waals surface area contributed by atoms with Crippen LogP contribution in [0.4, 0.5) is 0 Å². The summed E-state index contributed by atoms with van der Waals surface area (Å²) in [5, 5.41) is 7.85. The molecular formula is C14H27IN4S. The van der Waals surface area contributed by atoms with Crippen molar-refractivity contribution in [3.05, 3.63) is 16.1 Å². The van der Waals surface area contributed by atoms with E-state index in [1.54, 1.807) is 11.3 Å². The first-order valence-electron chi connectivity index (χ1n) is 7.03. The lowest BCUT2D eigenvalue weighted by molar-refractivity contribution is 0.573. The van der Waals surface area contributed by atoms with Crippen LogP contribution in [-0.4, -0.2) is 31.1 Å². The van der Waals surface area contributed by atoms with Gasteiger partial charge in [0.1, 0.15) is 0 Å². The Bertz CT molecular complexity index is 390. The highest BCUT2D eigenvalue weighted by molar-refractivity contribution is 14.0. The summed E-state index contributed by atoms with van der Waals surface area (Å²) in [5.41, 5.74) is 0. The van der Waals surface area contributed by atoms with Crippen molar-refractivity contribution >= 4 is 41.3 Å². The van der Waals surface area contributed by atoms with E-state index in [2.05, 4.69) is 41.4 Å². The number of rotatable bonds is 7. The molecule has 0 saturated carbocycles. The molecule has 2 N–H and O–H groups in total. The lowest BCUT2D eigenvalue weighted by Gasteiger charge is -2.12. The number of hydrogen-bond donors (Lipinski definition) is 2. The van der Waals surface area contributed by atoms with Crippen molar-refractivity contribution in [1.82, 2.24) is 15.6 Å². The summed E-state index contributed by atoms with van der Waals surface area (Å²) in [7, 11) is 1.81. The number of guanidine groups is 1. The third-order valence-corrected chi connectivity index (χ3v) is 4.02. The minimum absolute atomic E-state index is 0. The van der Waals surface area contributed by atoms with E-state index in [1.165, 1.54) is 9.88 Å². The van der Waals surface area contributed by atoms with Gasteiger partial charge in [0, 0.05) is 37.6 Å². The van der Waals surface area contributed by atoms with Gasteiger partial charge in [-0.15, -0.1) is 35.3 Å². The van der Waals surface area contributed by atoms with E-state index in [0.29, 0.717) is 5.92 Å². The summed E-state index contributed by atoms with van der Waals surface area (Å²) < 4.78 is 0. The van der Waals surface area contributed by atoms with Crippen molar-refractivity contribution in [3.8, 4) is 0 Å². The molecule has 0 amide bonds. The standard InChI is InChI=1S/C14H26N4S.HI/c1-5-12-10-18-13(19-12)7-9-17-14(15-4)16-8-6-11(2)3;/h10-11H,5-9H2,1-4H3,(H2,15,16,17);1H. The zero-order valence-electron chi connectivity index (χ0n) is 12.9. The van der Waals surface area contributed by atoms with E-state index in [0.717, 1.165) is 38.3 Å². The van der Waals surface area contributed by atoms with E-state index in [9.17, 15) is 0 Å². The number of nitrogens with one attached hydrogen (secondary N) is 2. The highest BCUT2D eigenvalue weighted by atomic mass is 127. The third kappa shape index (κ3) is 8.04. The SMILES string of the molecule is CCc1cnc(CCNC(=NC)NCCC(C)C)s1.I. The molecule has 0 spiro atoms. The van der Waals surface area contributed by atoms with Crippen LogP contribution in [0.3, 0.4) is 0 Å². The number of aliphatic imine (C=N–C) groups is 1. The van der Waals surface area contributed by atoms with E-state index < -0.39 is 0 Å². The molecule has 0 fully saturated rings. The number of aryl methyl sites for hydroxylation is 1. The Hall–Kier alpha value is -0.370. The summed E-state index contributed by atoms with van der Waals surface area (Å²) in [4.78, 5) is 9.98. The van der Waals surface area contributed by atoms with Gasteiger partial charge in [-0.1, -0.05) is 20.8 Å². The van der Waals surface area contributed by atoms with Crippen LogP contribution >= 0.6 is 35.3 Å². The molecule has 6 heteroatoms. The molecule has 1 aromatic rings. The van der Waals surface area contributed by atoms with Crippen molar-refractivity contribution in [2.24, 2.45) is 10.9 Å². The first-order chi connectivity index (χ1) is 9.15. The zero-order valence-corrected chi connectivity index (χ0v) is 16.0. The second kappa shape index (κ2) is 11.3. The lowest BCUT2D eigenvalue weighted by atomic mass is 10.1. The Morgan fingerprint density at radius 2 is 2.05 bits per heavy atom. The van der Waals surface area contributed by atoms with Crippen LogP contribution < -0.4 is 10.6 Å². The van der Waals surface area contributed by atoms with Crippen molar-refractivity contribution < 1.29 is 0 Å². The summed E-state index contributed by atoms with van der Waals surface area (Å²) in [6.07, 6.45) is 5.17. The normalized spacial score (nSPS) is 11.3. The zero-order chi connectivity index (χ0) is 14.1. The molecule has 4 nitrogen and oxygen atoms in total. The Kier molecular flexibility index (Phi) is 11.1. The lowest BCUT2D eigenvalue weighted by Crippen LogP contribution is -2.39. The van der Waals surface area contributed by atoms with Gasteiger partial charge in [0.15, 0.2) is 5.96 Å². The van der Waals surface area contributed by atoms with Crippen LogP contribution in [0, 0.1) is 5.92 Å². The smallest absolute Gasteiger partial charge is 0.190 e. The molecule has 0 bridgehead atoms. The first-order valence-corrected chi connectivity index (χ1v) is 7.85. The van der Waals surface area contributed by atoms with E-state index in [1.807, 2.05) is 13.2 Å². The van der Waals surface area contributed by atoms with Gasteiger partial charge in [-0.25, -0.2) is 4.98 Å². The van der Waals surface area contributed by atoms with Gasteiger partial charge in [-0.3, -0.25) is 4.99 Å². The molecule has 1 rings (SSSR count). The minimum Gasteiger partial charge on any atom is -0.356 e. The van der Waals surface area contributed by atoms with Gasteiger partial charge in [0.2, 0.25) is 0 Å². The molecule has 0 aliphatic heterocycles. The van der Waals surface area contributed by atoms with Gasteiger partial charge in [0.25, 0.3) is 0 Å². The number of hydrogen-bond acceptors (Lipinski definition) is 3. The van der Waals surface area contributed by atoms with Crippen molar-refractivity contribution in [1.29, 1.82) is 0 Å². The number of thiazole rings is 1. The fourth-order valence-corrected chi connectivity index (χ4v) is 2.48. The predicted octanol–water partition coefficient (Wildman–Crippen LogP) is 3.08. The van der Waals surface area contributed by atoms with Gasteiger partial charge < -0.3 is 10.6 Å². The Labute approximate surface area is 143 Å². The van der Waals surface area contributed by atoms with Gasteiger partial charge >= 0.3 is 0 Å². The number of aromatic nitrogens is 1. The maximum absolute atomic E-state index is 4.41. The monoisotopic (exact) mass is 410 g/mol. The first kappa shape index (κ1) is 19.6. The van der Waals surface area contributed by atoms with Crippen LogP contribution in [0.1, 0.15) is 37.1 Å². The minimum atomic E-state index is 0. The average molecular weight is 410 g/mol. The molecule has 0 saturated heterocycles. The second-order valence-corrected chi connectivity index (χ2v) is 6.13. The maximum Gasteiger partial charge on any atom is 0.190 e. The highest BCUT2D eigenvalue weighted by Gasteiger charge is 2.02. The van der Waals surface area contributed by atoms with E-state index >= 15 is 0 Å². The van der Waals surface area contributed by atoms with E-state index in [4.69, 9.17) is 0 Å². The molecule has 0 aromatic carbocycles. The molecule has 0 aliphatic carbocycles. The fraction of sp³-hybridized carbons (Fsp3) is 0.714. The highest BCUT2D eigenvalue weighted by Crippen LogP contribution is 2.13. The van der Waals surface area contributed by atoms with Crippen LogP contribution in [-0.2, 0) is 12.8 Å². The molecule has 0 aliphatic rings. The van der Waals surface area contributed by atoms with Gasteiger partial charge in [0.05, 0.1) is 5.01 Å². The van der Waals surface area contributed by atoms with Crippen molar-refractivity contribution in [3.63, 3.8) is 0 Å². The summed E-state index contributed by atoms with van der Waals surface area (Å²) in [6.45, 7) is 8.46. The van der Waals surface area contributed by atoms with Gasteiger partial charge in [-0.05, 0) is 18.8 Å². The fourth-order valence-electron chi connectivity index (χ4n) is 1.61. The topological polar surface area (TPSA) is 49.3 Å². The number of nitrogens with zero attached hydrogens (tertiary/aromatic N) is 2. The Balaban J connectivity index is 0.00000361. The van der Waals surface area contributed by atoms with Crippen LogP contribution in [0.25, 0.3) is 0 Å². The Morgan fingerprint density at radius 3 is 2.60 bits per heavy atom. The molecule has 116 valence electrons. The molecule has 0 radical (unpaired) electrons. The van der Waals surface area contributed by atoms with Crippen LogP contribution in [0.2, 0.25) is 0 Å². The molecule has 0 atom stereocenters. The predicted molar refractivity (Wildman–Crippen MR) is 99.4 cm³/mol. The number of halogens is 1. The van der Waals surface area contributed by atoms with E-state index in [-0.39, 0.29) is 24.0 Å². The molecular weight excluding hydrogens is 383 g/mol. The molecule has 1 aromatic heterocycles. The van der Waals surface area contributed by atoms with Crippen LogP contribution in [0.5, 0.6) is 0 Å². The van der Waals surface area contributed by atoms with Crippen LogP contribution in [0.15, 0.2) is 11.2 Å².